The first-order valence-corrected chi connectivity index (χ1v) is 6.96. The minimum atomic E-state index is -0.884. The highest BCUT2D eigenvalue weighted by Gasteiger charge is 2.17. The van der Waals surface area contributed by atoms with E-state index in [2.05, 4.69) is 10.5 Å². The van der Waals surface area contributed by atoms with Gasteiger partial charge in [-0.25, -0.2) is 5.43 Å². The Morgan fingerprint density at radius 1 is 1.19 bits per heavy atom. The zero-order chi connectivity index (χ0) is 19.3. The van der Waals surface area contributed by atoms with Gasteiger partial charge in [0.2, 0.25) is 0 Å². The van der Waals surface area contributed by atoms with Crippen LogP contribution in [0.3, 0.4) is 0 Å². The Labute approximate surface area is 145 Å². The maximum Gasteiger partial charge on any atom is 0.311 e. The highest BCUT2D eigenvalue weighted by Crippen LogP contribution is 2.27. The molecule has 0 bridgehead atoms. The minimum absolute atomic E-state index is 0.0673. The fourth-order valence-electron chi connectivity index (χ4n) is 1.98. The number of nitrogens with one attached hydrogen (secondary N) is 1. The lowest BCUT2D eigenvalue weighted by molar-refractivity contribution is -0.385. The van der Waals surface area contributed by atoms with Crippen molar-refractivity contribution in [3.8, 4) is 11.5 Å². The van der Waals surface area contributed by atoms with Gasteiger partial charge in [0.25, 0.3) is 11.6 Å². The van der Waals surface area contributed by atoms with E-state index < -0.39 is 21.5 Å². The summed E-state index contributed by atoms with van der Waals surface area (Å²) in [5, 5.41) is 34.9. The van der Waals surface area contributed by atoms with E-state index in [1.165, 1.54) is 25.3 Å². The van der Waals surface area contributed by atoms with Gasteiger partial charge in [0.15, 0.2) is 5.75 Å². The Morgan fingerprint density at radius 3 is 2.54 bits per heavy atom. The molecular weight excluding hydrogens is 348 g/mol. The molecule has 0 fully saturated rings. The first-order valence-electron chi connectivity index (χ1n) is 6.96. The Morgan fingerprint density at radius 2 is 1.92 bits per heavy atom. The molecule has 1 amide bonds. The van der Waals surface area contributed by atoms with E-state index in [1.54, 1.807) is 0 Å². The number of amides is 1. The third-order valence-corrected chi connectivity index (χ3v) is 3.21. The number of nitro benzene ring substituents is 2. The van der Waals surface area contributed by atoms with Gasteiger partial charge >= 0.3 is 5.69 Å². The summed E-state index contributed by atoms with van der Waals surface area (Å²) in [5.41, 5.74) is 1.40. The van der Waals surface area contributed by atoms with Gasteiger partial charge in [-0.05, 0) is 18.2 Å². The van der Waals surface area contributed by atoms with Gasteiger partial charge in [0.1, 0.15) is 5.75 Å². The van der Waals surface area contributed by atoms with Gasteiger partial charge in [-0.1, -0.05) is 0 Å². The van der Waals surface area contributed by atoms with Gasteiger partial charge in [-0.3, -0.25) is 25.0 Å². The van der Waals surface area contributed by atoms with Crippen molar-refractivity contribution in [1.82, 2.24) is 5.43 Å². The van der Waals surface area contributed by atoms with Crippen LogP contribution < -0.4 is 10.2 Å². The van der Waals surface area contributed by atoms with E-state index in [1.807, 2.05) is 0 Å². The maximum absolute atomic E-state index is 12.0. The van der Waals surface area contributed by atoms with Crippen LogP contribution in [0.2, 0.25) is 0 Å². The van der Waals surface area contributed by atoms with Crippen molar-refractivity contribution >= 4 is 23.5 Å². The maximum atomic E-state index is 12.0. The summed E-state index contributed by atoms with van der Waals surface area (Å²) in [4.78, 5) is 32.3. The smallest absolute Gasteiger partial charge is 0.311 e. The summed E-state index contributed by atoms with van der Waals surface area (Å²) < 4.78 is 4.87. The highest BCUT2D eigenvalue weighted by atomic mass is 16.6. The van der Waals surface area contributed by atoms with Crippen LogP contribution in [0.4, 0.5) is 11.4 Å². The summed E-state index contributed by atoms with van der Waals surface area (Å²) in [6, 6.07) is 7.01. The molecule has 2 aromatic rings. The Balaban J connectivity index is 2.17. The van der Waals surface area contributed by atoms with Crippen LogP contribution in [0, 0.1) is 20.2 Å². The molecule has 2 rings (SSSR count). The highest BCUT2D eigenvalue weighted by molar-refractivity contribution is 5.98. The molecule has 134 valence electrons. The van der Waals surface area contributed by atoms with Crippen molar-refractivity contribution in [2.75, 3.05) is 7.11 Å². The third-order valence-electron chi connectivity index (χ3n) is 3.21. The SMILES string of the molecule is COc1ccc(/C=N/NC(=O)c2cc([N+](=O)[O-])ccc2O)cc1[N+](=O)[O-]. The van der Waals surface area contributed by atoms with Gasteiger partial charge in [-0.2, -0.15) is 5.10 Å². The molecule has 26 heavy (non-hydrogen) atoms. The molecule has 2 aromatic carbocycles. The van der Waals surface area contributed by atoms with Gasteiger partial charge in [0.05, 0.1) is 28.7 Å². The van der Waals surface area contributed by atoms with Gasteiger partial charge in [-0.15, -0.1) is 0 Å². The number of non-ortho nitro benzene ring substituents is 1. The summed E-state index contributed by atoms with van der Waals surface area (Å²) in [7, 11) is 1.29. The molecule has 0 heterocycles. The van der Waals surface area contributed by atoms with Crippen molar-refractivity contribution in [3.63, 3.8) is 0 Å². The molecule has 0 aliphatic carbocycles. The number of nitrogens with zero attached hydrogens (tertiary/aromatic N) is 3. The van der Waals surface area contributed by atoms with Crippen molar-refractivity contribution in [2.45, 2.75) is 0 Å². The molecule has 0 saturated carbocycles. The number of rotatable bonds is 6. The quantitative estimate of drug-likeness (QED) is 0.453. The van der Waals surface area contributed by atoms with E-state index in [-0.39, 0.29) is 22.7 Å². The van der Waals surface area contributed by atoms with Crippen molar-refractivity contribution < 1.29 is 24.5 Å². The lowest BCUT2D eigenvalue weighted by Crippen LogP contribution is -2.18. The Bertz CT molecular complexity index is 911. The number of hydrogen-bond acceptors (Lipinski definition) is 8. The van der Waals surface area contributed by atoms with Crippen LogP contribution in [0.15, 0.2) is 41.5 Å². The molecule has 0 aliphatic heterocycles. The number of aromatic hydroxyl groups is 1. The van der Waals surface area contributed by atoms with E-state index in [4.69, 9.17) is 4.74 Å². The molecule has 0 atom stereocenters. The second-order valence-corrected chi connectivity index (χ2v) is 4.85. The van der Waals surface area contributed by atoms with Crippen molar-refractivity contribution in [3.05, 3.63) is 67.8 Å². The normalized spacial score (nSPS) is 10.5. The minimum Gasteiger partial charge on any atom is -0.507 e. The van der Waals surface area contributed by atoms with Crippen LogP contribution in [0.25, 0.3) is 0 Å². The second kappa shape index (κ2) is 7.70. The third kappa shape index (κ3) is 4.08. The standard InChI is InChI=1S/C15H12N4O7/c1-26-14-5-2-9(6-12(14)19(24)25)8-16-17-15(21)11-7-10(18(22)23)3-4-13(11)20/h2-8,20H,1H3,(H,17,21)/b16-8+. The number of phenols is 1. The van der Waals surface area contributed by atoms with E-state index in [0.29, 0.717) is 5.56 Å². The number of hydrazone groups is 1. The fraction of sp³-hybridized carbons (Fsp3) is 0.0667. The van der Waals surface area contributed by atoms with Gasteiger partial charge in [0, 0.05) is 23.8 Å². The zero-order valence-electron chi connectivity index (χ0n) is 13.3. The summed E-state index contributed by atoms with van der Waals surface area (Å²) >= 11 is 0. The predicted octanol–water partition coefficient (Wildman–Crippen LogP) is 1.98. The molecule has 0 unspecified atom stereocenters. The second-order valence-electron chi connectivity index (χ2n) is 4.85. The number of phenolic OH excluding ortho intramolecular Hbond substituents is 1. The van der Waals surface area contributed by atoms with Crippen LogP contribution in [-0.2, 0) is 0 Å². The number of nitro groups is 2. The fourth-order valence-corrected chi connectivity index (χ4v) is 1.98. The molecular formula is C15H12N4O7. The molecule has 11 nitrogen and oxygen atoms in total. The first kappa shape index (κ1) is 18.3. The van der Waals surface area contributed by atoms with Crippen molar-refractivity contribution in [2.24, 2.45) is 5.10 Å². The Kier molecular flexibility index (Phi) is 5.43. The number of carbonyl (C=O) groups is 1. The summed E-state index contributed by atoms with van der Waals surface area (Å²) in [6.07, 6.45) is 1.14. The average molecular weight is 360 g/mol. The lowest BCUT2D eigenvalue weighted by atomic mass is 10.1. The molecule has 2 N–H and O–H groups in total. The molecule has 0 radical (unpaired) electrons. The van der Waals surface area contributed by atoms with Crippen LogP contribution >= 0.6 is 0 Å². The summed E-state index contributed by atoms with van der Waals surface area (Å²) in [5.74, 6) is -1.27. The lowest BCUT2D eigenvalue weighted by Gasteiger charge is -2.03. The molecule has 0 aliphatic rings. The number of hydrogen-bond donors (Lipinski definition) is 2. The first-order chi connectivity index (χ1) is 12.3. The van der Waals surface area contributed by atoms with E-state index in [9.17, 15) is 30.1 Å². The topological polar surface area (TPSA) is 157 Å². The average Bonchev–Trinajstić information content (AvgIpc) is 2.61. The van der Waals surface area contributed by atoms with Crippen molar-refractivity contribution in [1.29, 1.82) is 0 Å². The largest absolute Gasteiger partial charge is 0.507 e. The number of methoxy groups -OCH3 is 1. The molecule has 11 heteroatoms. The Hall–Kier alpha value is -4.02. The molecule has 0 saturated heterocycles. The number of carbonyl (C=O) groups excluding carboxylic acids is 1. The molecule has 0 aromatic heterocycles. The monoisotopic (exact) mass is 360 g/mol. The van der Waals surface area contributed by atoms with E-state index in [0.717, 1.165) is 24.4 Å². The number of benzene rings is 2. The van der Waals surface area contributed by atoms with Gasteiger partial charge < -0.3 is 9.84 Å². The predicted molar refractivity (Wildman–Crippen MR) is 89.5 cm³/mol. The zero-order valence-corrected chi connectivity index (χ0v) is 13.3. The van der Waals surface area contributed by atoms with Crippen LogP contribution in [-0.4, -0.2) is 34.2 Å². The summed E-state index contributed by atoms with van der Waals surface area (Å²) in [6.45, 7) is 0. The van der Waals surface area contributed by atoms with Crippen LogP contribution in [0.1, 0.15) is 15.9 Å². The van der Waals surface area contributed by atoms with Crippen LogP contribution in [0.5, 0.6) is 11.5 Å². The van der Waals surface area contributed by atoms with E-state index >= 15 is 0 Å². The number of ether oxygens (including phenoxy) is 1. The molecule has 0 spiro atoms.